The Morgan fingerprint density at radius 3 is 2.68 bits per heavy atom. The van der Waals surface area contributed by atoms with Gasteiger partial charge >= 0.3 is 0 Å². The molecule has 1 aromatic rings. The van der Waals surface area contributed by atoms with Gasteiger partial charge in [-0.25, -0.2) is 0 Å². The summed E-state index contributed by atoms with van der Waals surface area (Å²) in [4.78, 5) is 0. The summed E-state index contributed by atoms with van der Waals surface area (Å²) in [5.41, 5.74) is 1.27. The molecule has 1 unspecified atom stereocenters. The first kappa shape index (κ1) is 14.2. The van der Waals surface area contributed by atoms with E-state index in [1.165, 1.54) is 5.56 Å². The third-order valence-corrected chi connectivity index (χ3v) is 3.44. The molecule has 0 aromatic heterocycles. The molecule has 4 heteroatoms. The molecule has 19 heavy (non-hydrogen) atoms. The fourth-order valence-electron chi connectivity index (χ4n) is 2.36. The Morgan fingerprint density at radius 1 is 1.16 bits per heavy atom. The summed E-state index contributed by atoms with van der Waals surface area (Å²) in [5.74, 6) is 1.75. The molecule has 1 aromatic carbocycles. The van der Waals surface area contributed by atoms with E-state index >= 15 is 0 Å². The molecule has 0 radical (unpaired) electrons. The zero-order valence-electron chi connectivity index (χ0n) is 11.9. The zero-order chi connectivity index (χ0) is 13.5. The molecule has 2 rings (SSSR count). The van der Waals surface area contributed by atoms with Crippen LogP contribution in [-0.2, 0) is 0 Å². The predicted molar refractivity (Wildman–Crippen MR) is 77.0 cm³/mol. The predicted octanol–water partition coefficient (Wildman–Crippen LogP) is 2.11. The zero-order valence-corrected chi connectivity index (χ0v) is 11.9. The van der Waals surface area contributed by atoms with E-state index in [1.54, 1.807) is 0 Å². The van der Waals surface area contributed by atoms with Crippen molar-refractivity contribution >= 4 is 0 Å². The Bertz CT molecular complexity index is 396. The van der Waals surface area contributed by atoms with Gasteiger partial charge in [-0.3, -0.25) is 0 Å². The van der Waals surface area contributed by atoms with Crippen LogP contribution in [0.15, 0.2) is 18.2 Å². The summed E-state index contributed by atoms with van der Waals surface area (Å²) >= 11 is 0. The first-order valence-corrected chi connectivity index (χ1v) is 7.06. The highest BCUT2D eigenvalue weighted by molar-refractivity contribution is 5.44. The first-order valence-electron chi connectivity index (χ1n) is 7.06. The SMILES string of the molecule is CNCCCC(NC)c1ccc2c(c1)OCCCO2. The highest BCUT2D eigenvalue weighted by Crippen LogP contribution is 2.33. The fraction of sp³-hybridized carbons (Fsp3) is 0.600. The van der Waals surface area contributed by atoms with Crippen molar-refractivity contribution in [2.24, 2.45) is 0 Å². The number of hydrogen-bond donors (Lipinski definition) is 2. The lowest BCUT2D eigenvalue weighted by atomic mass is 10.0. The summed E-state index contributed by atoms with van der Waals surface area (Å²) < 4.78 is 11.4. The van der Waals surface area contributed by atoms with Gasteiger partial charge < -0.3 is 20.1 Å². The van der Waals surface area contributed by atoms with E-state index in [1.807, 2.05) is 20.2 Å². The monoisotopic (exact) mass is 264 g/mol. The van der Waals surface area contributed by atoms with E-state index in [9.17, 15) is 0 Å². The Kier molecular flexibility index (Phi) is 5.48. The second-order valence-corrected chi connectivity index (χ2v) is 4.84. The Balaban J connectivity index is 2.08. The van der Waals surface area contributed by atoms with Crippen molar-refractivity contribution < 1.29 is 9.47 Å². The number of hydrogen-bond acceptors (Lipinski definition) is 4. The van der Waals surface area contributed by atoms with Crippen LogP contribution in [0.1, 0.15) is 30.9 Å². The summed E-state index contributed by atoms with van der Waals surface area (Å²) in [6, 6.07) is 6.64. The Hall–Kier alpha value is -1.26. The van der Waals surface area contributed by atoms with Crippen LogP contribution in [0, 0.1) is 0 Å². The molecule has 1 aliphatic rings. The maximum atomic E-state index is 5.74. The molecule has 0 spiro atoms. The van der Waals surface area contributed by atoms with Crippen LogP contribution in [0.3, 0.4) is 0 Å². The quantitative estimate of drug-likeness (QED) is 0.772. The minimum atomic E-state index is 0.366. The van der Waals surface area contributed by atoms with Gasteiger partial charge in [0.25, 0.3) is 0 Å². The van der Waals surface area contributed by atoms with Crippen molar-refractivity contribution in [3.63, 3.8) is 0 Å². The standard InChI is InChI=1S/C15H24N2O2/c1-16-8-3-5-13(17-2)12-6-7-14-15(11-12)19-10-4-9-18-14/h6-7,11,13,16-17H,3-5,8-10H2,1-2H3. The lowest BCUT2D eigenvalue weighted by Crippen LogP contribution is -2.18. The molecule has 4 nitrogen and oxygen atoms in total. The summed E-state index contributed by atoms with van der Waals surface area (Å²) in [6.45, 7) is 2.52. The van der Waals surface area contributed by atoms with Gasteiger partial charge in [-0.2, -0.15) is 0 Å². The van der Waals surface area contributed by atoms with Gasteiger partial charge in [-0.1, -0.05) is 6.07 Å². The molecule has 0 saturated carbocycles. The van der Waals surface area contributed by atoms with Gasteiger partial charge in [-0.15, -0.1) is 0 Å². The third-order valence-electron chi connectivity index (χ3n) is 3.44. The van der Waals surface area contributed by atoms with E-state index in [4.69, 9.17) is 9.47 Å². The first-order chi connectivity index (χ1) is 9.35. The lowest BCUT2D eigenvalue weighted by Gasteiger charge is -2.18. The maximum Gasteiger partial charge on any atom is 0.161 e. The molecule has 0 fully saturated rings. The summed E-state index contributed by atoms with van der Waals surface area (Å²) in [6.07, 6.45) is 3.20. The molecule has 0 amide bonds. The van der Waals surface area contributed by atoms with E-state index in [2.05, 4.69) is 22.8 Å². The van der Waals surface area contributed by atoms with Crippen LogP contribution in [0.4, 0.5) is 0 Å². The highest BCUT2D eigenvalue weighted by Gasteiger charge is 2.14. The van der Waals surface area contributed by atoms with Crippen molar-refractivity contribution in [1.29, 1.82) is 0 Å². The molecule has 2 N–H and O–H groups in total. The molecule has 0 aliphatic carbocycles. The van der Waals surface area contributed by atoms with Crippen LogP contribution in [0.2, 0.25) is 0 Å². The topological polar surface area (TPSA) is 42.5 Å². The lowest BCUT2D eigenvalue weighted by molar-refractivity contribution is 0.297. The van der Waals surface area contributed by atoms with E-state index in [-0.39, 0.29) is 0 Å². The van der Waals surface area contributed by atoms with Crippen LogP contribution in [0.5, 0.6) is 11.5 Å². The largest absolute Gasteiger partial charge is 0.490 e. The second-order valence-electron chi connectivity index (χ2n) is 4.84. The molecule has 0 saturated heterocycles. The molecule has 1 heterocycles. The van der Waals surface area contributed by atoms with Gasteiger partial charge in [0.2, 0.25) is 0 Å². The van der Waals surface area contributed by atoms with Crippen LogP contribution in [0.25, 0.3) is 0 Å². The third kappa shape index (κ3) is 3.85. The second kappa shape index (κ2) is 7.36. The smallest absolute Gasteiger partial charge is 0.161 e. The molecule has 106 valence electrons. The number of ether oxygens (including phenoxy) is 2. The van der Waals surface area contributed by atoms with Gasteiger partial charge in [0, 0.05) is 12.5 Å². The van der Waals surface area contributed by atoms with Crippen LogP contribution < -0.4 is 20.1 Å². The minimum absolute atomic E-state index is 0.366. The Morgan fingerprint density at radius 2 is 1.95 bits per heavy atom. The maximum absolute atomic E-state index is 5.74. The number of fused-ring (bicyclic) bond motifs is 1. The summed E-state index contributed by atoms with van der Waals surface area (Å²) in [5, 5.41) is 6.56. The molecular formula is C15H24N2O2. The van der Waals surface area contributed by atoms with Crippen molar-refractivity contribution in [3.05, 3.63) is 23.8 Å². The molecule has 1 aliphatic heterocycles. The average Bonchev–Trinajstić information content (AvgIpc) is 2.68. The summed E-state index contributed by atoms with van der Waals surface area (Å²) in [7, 11) is 4.00. The number of nitrogens with one attached hydrogen (secondary N) is 2. The van der Waals surface area contributed by atoms with Gasteiger partial charge in [-0.05, 0) is 51.2 Å². The minimum Gasteiger partial charge on any atom is -0.490 e. The van der Waals surface area contributed by atoms with Gasteiger partial charge in [0.15, 0.2) is 11.5 Å². The number of rotatable bonds is 6. The molecule has 0 bridgehead atoms. The van der Waals surface area contributed by atoms with Gasteiger partial charge in [0.1, 0.15) is 0 Å². The average molecular weight is 264 g/mol. The molecule has 1 atom stereocenters. The van der Waals surface area contributed by atoms with E-state index in [0.717, 1.165) is 50.5 Å². The Labute approximate surface area is 115 Å². The van der Waals surface area contributed by atoms with Crippen LogP contribution >= 0.6 is 0 Å². The highest BCUT2D eigenvalue weighted by atomic mass is 16.5. The van der Waals surface area contributed by atoms with Crippen molar-refractivity contribution in [3.8, 4) is 11.5 Å². The normalized spacial score (nSPS) is 15.9. The fourth-order valence-corrected chi connectivity index (χ4v) is 2.36. The van der Waals surface area contributed by atoms with E-state index in [0.29, 0.717) is 6.04 Å². The van der Waals surface area contributed by atoms with Gasteiger partial charge in [0.05, 0.1) is 13.2 Å². The van der Waals surface area contributed by atoms with Crippen molar-refractivity contribution in [2.45, 2.75) is 25.3 Å². The van der Waals surface area contributed by atoms with Crippen LogP contribution in [-0.4, -0.2) is 33.9 Å². The molecular weight excluding hydrogens is 240 g/mol. The van der Waals surface area contributed by atoms with E-state index < -0.39 is 0 Å². The van der Waals surface area contributed by atoms with Crippen molar-refractivity contribution in [2.75, 3.05) is 33.9 Å². The van der Waals surface area contributed by atoms with Crippen molar-refractivity contribution in [1.82, 2.24) is 10.6 Å². The number of benzene rings is 1.